The molecule has 2 bridgehead atoms. The minimum Gasteiger partial charge on any atom is -0.477 e. The standard InChI is InChI=1S/C28H36F2O7/c1-14(2)23(28(29,30)27(33)34)36-24(31)16-8-10-17(11-9-16)25(32)37-26(15(3)4)35-22-13-18-12-21(22)20-7-5-6-19(18)20/h8-11,14-15,18-23,26H,5-7,12-13H2,1-4H3,(H,33,34). The first kappa shape index (κ1) is 27.5. The summed E-state index contributed by atoms with van der Waals surface area (Å²) in [6.07, 6.45) is 3.35. The van der Waals surface area contributed by atoms with Gasteiger partial charge in [0.2, 0.25) is 6.29 Å². The maximum atomic E-state index is 14.0. The molecule has 3 fully saturated rings. The Kier molecular flexibility index (Phi) is 7.93. The summed E-state index contributed by atoms with van der Waals surface area (Å²) >= 11 is 0. The lowest BCUT2D eigenvalue weighted by Crippen LogP contribution is -2.47. The van der Waals surface area contributed by atoms with Crippen LogP contribution >= 0.6 is 0 Å². The number of carbonyl (C=O) groups excluding carboxylic acids is 2. The molecule has 0 amide bonds. The number of hydrogen-bond acceptors (Lipinski definition) is 6. The predicted molar refractivity (Wildman–Crippen MR) is 129 cm³/mol. The third-order valence-corrected chi connectivity index (χ3v) is 8.28. The van der Waals surface area contributed by atoms with Gasteiger partial charge in [-0.25, -0.2) is 14.4 Å². The molecule has 9 heteroatoms. The Morgan fingerprint density at radius 1 is 0.865 bits per heavy atom. The molecule has 4 rings (SSSR count). The van der Waals surface area contributed by atoms with Gasteiger partial charge in [-0.1, -0.05) is 34.1 Å². The van der Waals surface area contributed by atoms with Crippen LogP contribution in [0.1, 0.15) is 80.5 Å². The van der Waals surface area contributed by atoms with Crippen LogP contribution in [-0.4, -0.2) is 47.4 Å². The fraction of sp³-hybridized carbons (Fsp3) is 0.679. The van der Waals surface area contributed by atoms with Crippen molar-refractivity contribution in [3.8, 4) is 0 Å². The van der Waals surface area contributed by atoms with Gasteiger partial charge < -0.3 is 19.3 Å². The number of hydrogen-bond donors (Lipinski definition) is 1. The minimum absolute atomic E-state index is 0.0550. The number of benzene rings is 1. The molecule has 0 aromatic heterocycles. The number of alkyl halides is 2. The topological polar surface area (TPSA) is 99.1 Å². The fourth-order valence-corrected chi connectivity index (χ4v) is 6.50. The maximum Gasteiger partial charge on any atom is 0.378 e. The van der Waals surface area contributed by atoms with Crippen LogP contribution in [0.15, 0.2) is 24.3 Å². The lowest BCUT2D eigenvalue weighted by atomic mass is 9.80. The third-order valence-electron chi connectivity index (χ3n) is 8.28. The van der Waals surface area contributed by atoms with Gasteiger partial charge in [0, 0.05) is 5.92 Å². The molecule has 0 spiro atoms. The predicted octanol–water partition coefficient (Wildman–Crippen LogP) is 5.57. The first-order valence-corrected chi connectivity index (χ1v) is 13.2. The molecule has 1 aromatic carbocycles. The second-order valence-electron chi connectivity index (χ2n) is 11.4. The summed E-state index contributed by atoms with van der Waals surface area (Å²) in [5, 5.41) is 8.81. The Morgan fingerprint density at radius 2 is 1.43 bits per heavy atom. The number of esters is 2. The van der Waals surface area contributed by atoms with E-state index in [1.165, 1.54) is 63.8 Å². The summed E-state index contributed by atoms with van der Waals surface area (Å²) in [6.45, 7) is 6.54. The van der Waals surface area contributed by atoms with E-state index in [1.54, 1.807) is 0 Å². The van der Waals surface area contributed by atoms with E-state index < -0.39 is 42.1 Å². The van der Waals surface area contributed by atoms with Gasteiger partial charge in [-0.15, -0.1) is 0 Å². The molecule has 0 saturated heterocycles. The van der Waals surface area contributed by atoms with E-state index in [2.05, 4.69) is 0 Å². The molecule has 3 saturated carbocycles. The quantitative estimate of drug-likeness (QED) is 0.317. The monoisotopic (exact) mass is 522 g/mol. The van der Waals surface area contributed by atoms with Crippen LogP contribution in [0.3, 0.4) is 0 Å². The molecular formula is C28H36F2O7. The fourth-order valence-electron chi connectivity index (χ4n) is 6.50. The minimum atomic E-state index is -4.24. The highest BCUT2D eigenvalue weighted by atomic mass is 19.3. The Hall–Kier alpha value is -2.55. The van der Waals surface area contributed by atoms with Crippen LogP contribution in [0.5, 0.6) is 0 Å². The molecule has 37 heavy (non-hydrogen) atoms. The Morgan fingerprint density at radius 3 is 1.97 bits per heavy atom. The summed E-state index contributed by atoms with van der Waals surface area (Å²) in [7, 11) is 0. The van der Waals surface area contributed by atoms with E-state index in [0.717, 1.165) is 18.3 Å². The van der Waals surface area contributed by atoms with Crippen LogP contribution in [0.2, 0.25) is 0 Å². The van der Waals surface area contributed by atoms with Crippen LogP contribution in [0, 0.1) is 35.5 Å². The average Bonchev–Trinajstić information content (AvgIpc) is 3.55. The lowest BCUT2D eigenvalue weighted by molar-refractivity contribution is -0.187. The smallest absolute Gasteiger partial charge is 0.378 e. The van der Waals surface area contributed by atoms with Crippen LogP contribution < -0.4 is 0 Å². The Bertz CT molecular complexity index is 1010. The van der Waals surface area contributed by atoms with Crippen LogP contribution in [0.25, 0.3) is 0 Å². The summed E-state index contributed by atoms with van der Waals surface area (Å²) in [5.41, 5.74) is 0.0824. The highest BCUT2D eigenvalue weighted by molar-refractivity contribution is 5.93. The summed E-state index contributed by atoms with van der Waals surface area (Å²) in [5.74, 6) is -6.51. The SMILES string of the molecule is CC(C)C(OC(=O)c1ccc(C(=O)OC(C(C)C)C(F)(F)C(=O)O)cc1)OC1CC2CC1C1CCCC21. The molecule has 204 valence electrons. The highest BCUT2D eigenvalue weighted by Gasteiger charge is 2.55. The van der Waals surface area contributed by atoms with E-state index in [-0.39, 0.29) is 23.1 Å². The van der Waals surface area contributed by atoms with Crippen LogP contribution in [-0.2, 0) is 19.0 Å². The van der Waals surface area contributed by atoms with Gasteiger partial charge in [-0.05, 0) is 79.5 Å². The van der Waals surface area contributed by atoms with E-state index in [1.807, 2.05) is 13.8 Å². The molecule has 3 aliphatic carbocycles. The molecule has 1 N–H and O–H groups in total. The largest absolute Gasteiger partial charge is 0.477 e. The second-order valence-corrected chi connectivity index (χ2v) is 11.4. The molecule has 7 unspecified atom stereocenters. The molecule has 3 aliphatic rings. The van der Waals surface area contributed by atoms with Crippen molar-refractivity contribution in [2.75, 3.05) is 0 Å². The van der Waals surface area contributed by atoms with Crippen LogP contribution in [0.4, 0.5) is 8.78 Å². The Labute approximate surface area is 215 Å². The van der Waals surface area contributed by atoms with Gasteiger partial charge in [0.15, 0.2) is 6.10 Å². The molecule has 0 heterocycles. The second kappa shape index (κ2) is 10.7. The van der Waals surface area contributed by atoms with Gasteiger partial charge in [-0.2, -0.15) is 8.78 Å². The van der Waals surface area contributed by atoms with Crippen molar-refractivity contribution in [1.82, 2.24) is 0 Å². The van der Waals surface area contributed by atoms with Crippen molar-refractivity contribution >= 4 is 17.9 Å². The molecule has 7 nitrogen and oxygen atoms in total. The van der Waals surface area contributed by atoms with E-state index >= 15 is 0 Å². The Balaban J connectivity index is 1.37. The first-order valence-electron chi connectivity index (χ1n) is 13.2. The summed E-state index contributed by atoms with van der Waals surface area (Å²) in [6, 6.07) is 5.21. The molecule has 1 aromatic rings. The van der Waals surface area contributed by atoms with Gasteiger partial charge in [-0.3, -0.25) is 0 Å². The zero-order chi connectivity index (χ0) is 27.1. The number of halogens is 2. The van der Waals surface area contributed by atoms with Gasteiger partial charge in [0.05, 0.1) is 17.2 Å². The summed E-state index contributed by atoms with van der Waals surface area (Å²) in [4.78, 5) is 36.2. The number of fused-ring (bicyclic) bond motifs is 5. The lowest BCUT2D eigenvalue weighted by Gasteiger charge is -2.34. The number of ether oxygens (including phenoxy) is 3. The van der Waals surface area contributed by atoms with Gasteiger partial charge >= 0.3 is 23.8 Å². The molecule has 7 atom stereocenters. The van der Waals surface area contributed by atoms with Gasteiger partial charge in [0.25, 0.3) is 0 Å². The average molecular weight is 523 g/mol. The van der Waals surface area contributed by atoms with Crippen molar-refractivity contribution in [1.29, 1.82) is 0 Å². The van der Waals surface area contributed by atoms with Crippen molar-refractivity contribution in [2.45, 2.75) is 84.2 Å². The van der Waals surface area contributed by atoms with Crippen molar-refractivity contribution in [3.63, 3.8) is 0 Å². The van der Waals surface area contributed by atoms with Crippen molar-refractivity contribution in [2.24, 2.45) is 35.5 Å². The van der Waals surface area contributed by atoms with E-state index in [9.17, 15) is 23.2 Å². The zero-order valence-electron chi connectivity index (χ0n) is 21.7. The third kappa shape index (κ3) is 5.52. The van der Waals surface area contributed by atoms with Crippen molar-refractivity contribution in [3.05, 3.63) is 35.4 Å². The number of carboxylic acids is 1. The number of rotatable bonds is 10. The number of carbonyl (C=O) groups is 3. The van der Waals surface area contributed by atoms with E-state index in [0.29, 0.717) is 11.8 Å². The molecule has 0 aliphatic heterocycles. The normalized spacial score (nSPS) is 28.3. The zero-order valence-corrected chi connectivity index (χ0v) is 21.7. The summed E-state index contributed by atoms with van der Waals surface area (Å²) < 4.78 is 44.9. The first-order chi connectivity index (χ1) is 17.4. The van der Waals surface area contributed by atoms with Crippen molar-refractivity contribution < 1.29 is 42.5 Å². The molecule has 0 radical (unpaired) electrons. The number of aliphatic carboxylic acids is 1. The van der Waals surface area contributed by atoms with Gasteiger partial charge in [0.1, 0.15) is 0 Å². The highest BCUT2D eigenvalue weighted by Crippen LogP contribution is 2.59. The molecular weight excluding hydrogens is 486 g/mol. The van der Waals surface area contributed by atoms with E-state index in [4.69, 9.17) is 19.3 Å². The maximum absolute atomic E-state index is 14.0. The number of carboxylic acid groups (broad SMARTS) is 1.